The van der Waals surface area contributed by atoms with Crippen LogP contribution in [0, 0.1) is 0 Å². The van der Waals surface area contributed by atoms with Crippen LogP contribution in [0.15, 0.2) is 27.6 Å². The van der Waals surface area contributed by atoms with Gasteiger partial charge in [-0.2, -0.15) is 0 Å². The van der Waals surface area contributed by atoms with E-state index in [9.17, 15) is 13.5 Å². The number of halogens is 1. The summed E-state index contributed by atoms with van der Waals surface area (Å²) in [7, 11) is -3.19. The SMILES string of the molecule is CS(=O)(=O)c1ccc(C2(CO)CC2)cc1Br. The van der Waals surface area contributed by atoms with E-state index in [-0.39, 0.29) is 12.0 Å². The highest BCUT2D eigenvalue weighted by molar-refractivity contribution is 9.10. The fourth-order valence-corrected chi connectivity index (χ4v) is 3.81. The molecule has 0 amide bonds. The summed E-state index contributed by atoms with van der Waals surface area (Å²) in [5.74, 6) is 0. The molecule has 0 saturated heterocycles. The molecule has 0 bridgehead atoms. The van der Waals surface area contributed by atoms with Crippen molar-refractivity contribution in [3.8, 4) is 0 Å². The van der Waals surface area contributed by atoms with Crippen molar-refractivity contribution in [1.82, 2.24) is 0 Å². The molecule has 1 N–H and O–H groups in total. The third-order valence-corrected chi connectivity index (χ3v) is 5.17. The molecule has 1 saturated carbocycles. The van der Waals surface area contributed by atoms with E-state index >= 15 is 0 Å². The van der Waals surface area contributed by atoms with Gasteiger partial charge in [0.15, 0.2) is 9.84 Å². The van der Waals surface area contributed by atoms with E-state index in [1.165, 1.54) is 6.26 Å². The average Bonchev–Trinajstić information content (AvgIpc) is 2.96. The van der Waals surface area contributed by atoms with Crippen LogP contribution in [0.25, 0.3) is 0 Å². The van der Waals surface area contributed by atoms with Crippen molar-refractivity contribution in [1.29, 1.82) is 0 Å². The molecule has 1 aliphatic rings. The highest BCUT2D eigenvalue weighted by Gasteiger charge is 2.43. The topological polar surface area (TPSA) is 54.4 Å². The molecule has 0 aromatic heterocycles. The Morgan fingerprint density at radius 1 is 1.44 bits per heavy atom. The monoisotopic (exact) mass is 304 g/mol. The minimum absolute atomic E-state index is 0.123. The molecule has 3 nitrogen and oxygen atoms in total. The third-order valence-electron chi connectivity index (χ3n) is 3.10. The zero-order chi connectivity index (χ0) is 12.0. The Labute approximate surface area is 104 Å². The molecule has 0 unspecified atom stereocenters. The molecule has 0 radical (unpaired) electrons. The van der Waals surface area contributed by atoms with Crippen LogP contribution in [0.4, 0.5) is 0 Å². The first-order valence-corrected chi connectivity index (χ1v) is 7.68. The summed E-state index contributed by atoms with van der Waals surface area (Å²) in [5, 5.41) is 9.30. The number of benzene rings is 1. The normalized spacial score (nSPS) is 18.4. The van der Waals surface area contributed by atoms with Gasteiger partial charge in [-0.3, -0.25) is 0 Å². The van der Waals surface area contributed by atoms with E-state index in [0.717, 1.165) is 18.4 Å². The number of hydrogen-bond acceptors (Lipinski definition) is 3. The highest BCUT2D eigenvalue weighted by atomic mass is 79.9. The lowest BCUT2D eigenvalue weighted by Gasteiger charge is -2.13. The number of aliphatic hydroxyl groups excluding tert-OH is 1. The lowest BCUT2D eigenvalue weighted by Crippen LogP contribution is -2.12. The van der Waals surface area contributed by atoms with Gasteiger partial charge >= 0.3 is 0 Å². The van der Waals surface area contributed by atoms with Gasteiger partial charge in [0.05, 0.1) is 11.5 Å². The summed E-state index contributed by atoms with van der Waals surface area (Å²) >= 11 is 3.27. The molecular weight excluding hydrogens is 292 g/mol. The Morgan fingerprint density at radius 2 is 2.06 bits per heavy atom. The summed E-state index contributed by atoms with van der Waals surface area (Å²) in [6.07, 6.45) is 3.12. The molecule has 1 fully saturated rings. The van der Waals surface area contributed by atoms with Gasteiger partial charge in [0.25, 0.3) is 0 Å². The second-order valence-electron chi connectivity index (χ2n) is 4.36. The molecule has 1 aliphatic carbocycles. The van der Waals surface area contributed by atoms with E-state index in [1.807, 2.05) is 0 Å². The zero-order valence-electron chi connectivity index (χ0n) is 8.90. The van der Waals surface area contributed by atoms with Gasteiger partial charge in [-0.05, 0) is 46.5 Å². The van der Waals surface area contributed by atoms with Gasteiger partial charge in [0.2, 0.25) is 0 Å². The fraction of sp³-hybridized carbons (Fsp3) is 0.455. The first kappa shape index (κ1) is 12.1. The minimum atomic E-state index is -3.19. The van der Waals surface area contributed by atoms with Gasteiger partial charge in [-0.1, -0.05) is 6.07 Å². The highest BCUT2D eigenvalue weighted by Crippen LogP contribution is 2.48. The predicted molar refractivity (Wildman–Crippen MR) is 65.2 cm³/mol. The minimum Gasteiger partial charge on any atom is -0.395 e. The van der Waals surface area contributed by atoms with Gasteiger partial charge in [-0.25, -0.2) is 8.42 Å². The van der Waals surface area contributed by atoms with Gasteiger partial charge in [0, 0.05) is 16.1 Å². The van der Waals surface area contributed by atoms with E-state index < -0.39 is 9.84 Å². The van der Waals surface area contributed by atoms with Crippen LogP contribution in [0.3, 0.4) is 0 Å². The van der Waals surface area contributed by atoms with Crippen LogP contribution in [0.5, 0.6) is 0 Å². The van der Waals surface area contributed by atoms with Crippen molar-refractivity contribution in [2.75, 3.05) is 12.9 Å². The van der Waals surface area contributed by atoms with Crippen LogP contribution in [-0.2, 0) is 15.3 Å². The lowest BCUT2D eigenvalue weighted by molar-refractivity contribution is 0.255. The van der Waals surface area contributed by atoms with E-state index in [0.29, 0.717) is 9.37 Å². The van der Waals surface area contributed by atoms with Crippen molar-refractivity contribution in [2.45, 2.75) is 23.2 Å². The molecule has 1 aromatic carbocycles. The predicted octanol–water partition coefficient (Wildman–Crippen LogP) is 1.88. The Balaban J connectivity index is 2.45. The van der Waals surface area contributed by atoms with E-state index in [1.54, 1.807) is 18.2 Å². The Kier molecular flexibility index (Phi) is 2.88. The van der Waals surface area contributed by atoms with Crippen LogP contribution >= 0.6 is 15.9 Å². The largest absolute Gasteiger partial charge is 0.395 e. The Morgan fingerprint density at radius 3 is 2.44 bits per heavy atom. The molecule has 0 aliphatic heterocycles. The fourth-order valence-electron chi connectivity index (χ4n) is 1.82. The second kappa shape index (κ2) is 3.82. The molecule has 0 atom stereocenters. The molecule has 2 rings (SSSR count). The van der Waals surface area contributed by atoms with Crippen LogP contribution in [-0.4, -0.2) is 26.4 Å². The number of sulfone groups is 1. The maximum Gasteiger partial charge on any atom is 0.176 e. The van der Waals surface area contributed by atoms with Gasteiger partial charge in [0.1, 0.15) is 0 Å². The summed E-state index contributed by atoms with van der Waals surface area (Å²) in [4.78, 5) is 0.296. The van der Waals surface area contributed by atoms with Crippen LogP contribution in [0.2, 0.25) is 0 Å². The summed E-state index contributed by atoms with van der Waals surface area (Å²) in [6.45, 7) is 0.123. The number of aliphatic hydroxyl groups is 1. The summed E-state index contributed by atoms with van der Waals surface area (Å²) in [6, 6.07) is 5.20. The maximum absolute atomic E-state index is 11.4. The van der Waals surface area contributed by atoms with Gasteiger partial charge in [-0.15, -0.1) is 0 Å². The van der Waals surface area contributed by atoms with Crippen molar-refractivity contribution in [3.05, 3.63) is 28.2 Å². The Bertz CT molecular complexity index is 518. The van der Waals surface area contributed by atoms with E-state index in [4.69, 9.17) is 0 Å². The molecule has 0 spiro atoms. The summed E-state index contributed by atoms with van der Waals surface area (Å²) < 4.78 is 23.4. The number of rotatable bonds is 3. The lowest BCUT2D eigenvalue weighted by atomic mass is 9.97. The third kappa shape index (κ3) is 2.04. The Hall–Kier alpha value is -0.390. The maximum atomic E-state index is 11.4. The zero-order valence-corrected chi connectivity index (χ0v) is 11.3. The molecule has 5 heteroatoms. The van der Waals surface area contributed by atoms with Crippen LogP contribution in [0.1, 0.15) is 18.4 Å². The van der Waals surface area contributed by atoms with Gasteiger partial charge < -0.3 is 5.11 Å². The van der Waals surface area contributed by atoms with Crippen molar-refractivity contribution >= 4 is 25.8 Å². The molecule has 1 aromatic rings. The van der Waals surface area contributed by atoms with Crippen molar-refractivity contribution in [2.24, 2.45) is 0 Å². The average molecular weight is 305 g/mol. The number of hydrogen-bond donors (Lipinski definition) is 1. The standard InChI is InChI=1S/C11H13BrO3S/c1-16(14,15)10-3-2-8(6-9(10)12)11(7-13)4-5-11/h2-3,6,13H,4-5,7H2,1H3. The smallest absolute Gasteiger partial charge is 0.176 e. The van der Waals surface area contributed by atoms with Crippen LogP contribution < -0.4 is 0 Å². The molecule has 88 valence electrons. The summed E-state index contributed by atoms with van der Waals surface area (Å²) in [5.41, 5.74) is 0.882. The molecule has 0 heterocycles. The van der Waals surface area contributed by atoms with Crippen molar-refractivity contribution < 1.29 is 13.5 Å². The molecular formula is C11H13BrO3S. The second-order valence-corrected chi connectivity index (χ2v) is 7.19. The first-order chi connectivity index (χ1) is 7.39. The molecule has 16 heavy (non-hydrogen) atoms. The first-order valence-electron chi connectivity index (χ1n) is 5.00. The van der Waals surface area contributed by atoms with Crippen molar-refractivity contribution in [3.63, 3.8) is 0 Å². The quantitative estimate of drug-likeness (QED) is 0.927. The van der Waals surface area contributed by atoms with E-state index in [2.05, 4.69) is 15.9 Å².